The van der Waals surface area contributed by atoms with Crippen molar-refractivity contribution in [2.45, 2.75) is 72.4 Å². The van der Waals surface area contributed by atoms with Gasteiger partial charge in [-0.25, -0.2) is 0 Å². The number of phenolic OH excluding ortho intramolecular Hbond substituents is 1. The van der Waals surface area contributed by atoms with Gasteiger partial charge in [-0.1, -0.05) is 68.0 Å². The molecule has 1 aliphatic rings. The van der Waals surface area contributed by atoms with Crippen molar-refractivity contribution in [1.82, 2.24) is 4.90 Å². The van der Waals surface area contributed by atoms with Gasteiger partial charge in [0, 0.05) is 5.56 Å². The first-order chi connectivity index (χ1) is 18.4. The summed E-state index contributed by atoms with van der Waals surface area (Å²) >= 11 is 2.33. The SMILES string of the molecule is CC(C)c1cccc(C(C)C)c1[N]=[V+2].CCCN1CCC[N-]C1c1cccc(-c2ccccc2)c1O.[CH2-]C. The van der Waals surface area contributed by atoms with E-state index >= 15 is 0 Å². The average Bonchev–Trinajstić information content (AvgIpc) is 2.95. The molecule has 4 rings (SSSR count). The fourth-order valence-electron chi connectivity index (χ4n) is 4.79. The third-order valence-corrected chi connectivity index (χ3v) is 6.95. The Balaban J connectivity index is 0.000000274. The maximum Gasteiger partial charge on any atom is 0.126 e. The Labute approximate surface area is 240 Å². The molecule has 1 saturated heterocycles. The summed E-state index contributed by atoms with van der Waals surface area (Å²) in [4.78, 5) is 2.37. The monoisotopic (exact) mass is 550 g/mol. The van der Waals surface area contributed by atoms with Crippen molar-refractivity contribution in [3.8, 4) is 16.9 Å². The summed E-state index contributed by atoms with van der Waals surface area (Å²) in [7, 11) is 0. The first-order valence-electron chi connectivity index (χ1n) is 13.9. The van der Waals surface area contributed by atoms with E-state index in [0.29, 0.717) is 17.6 Å². The van der Waals surface area contributed by atoms with Crippen LogP contribution in [0.2, 0.25) is 0 Å². The number of rotatable bonds is 7. The summed E-state index contributed by atoms with van der Waals surface area (Å²) in [5.41, 5.74) is 6.70. The van der Waals surface area contributed by atoms with Gasteiger partial charge in [-0.15, -0.1) is 6.54 Å². The summed E-state index contributed by atoms with van der Waals surface area (Å²) in [5, 5.41) is 15.6. The van der Waals surface area contributed by atoms with Crippen molar-refractivity contribution in [1.29, 1.82) is 0 Å². The molecule has 0 bridgehead atoms. The van der Waals surface area contributed by atoms with Gasteiger partial charge in [-0.2, -0.15) is 6.92 Å². The zero-order valence-corrected chi connectivity index (χ0v) is 25.5. The molecule has 1 unspecified atom stereocenters. The van der Waals surface area contributed by atoms with Crippen LogP contribution in [0.5, 0.6) is 5.75 Å². The van der Waals surface area contributed by atoms with Crippen LogP contribution in [-0.2, 0) is 17.2 Å². The summed E-state index contributed by atoms with van der Waals surface area (Å²) in [5.74, 6) is 1.44. The van der Waals surface area contributed by atoms with Crippen LogP contribution < -0.4 is 0 Å². The Bertz CT molecular complexity index is 1090. The molecule has 0 amide bonds. The molecule has 0 spiro atoms. The molecule has 3 aromatic rings. The molecular weight excluding hydrogens is 505 g/mol. The third-order valence-electron chi connectivity index (χ3n) is 6.63. The first kappa shape index (κ1) is 32.0. The first-order valence-corrected chi connectivity index (χ1v) is 14.5. The summed E-state index contributed by atoms with van der Waals surface area (Å²) in [6.07, 6.45) is 2.19. The van der Waals surface area contributed by atoms with Crippen molar-refractivity contribution in [3.05, 3.63) is 95.7 Å². The van der Waals surface area contributed by atoms with Gasteiger partial charge in [0.2, 0.25) is 0 Å². The molecule has 1 aliphatic heterocycles. The van der Waals surface area contributed by atoms with Gasteiger partial charge in [0.05, 0.1) is 0 Å². The van der Waals surface area contributed by atoms with Crippen molar-refractivity contribution in [2.75, 3.05) is 19.6 Å². The van der Waals surface area contributed by atoms with Crippen LogP contribution in [-0.4, -0.2) is 29.6 Å². The normalized spacial score (nSPS) is 15.4. The molecule has 3 aromatic carbocycles. The van der Waals surface area contributed by atoms with Crippen LogP contribution in [0.25, 0.3) is 16.4 Å². The van der Waals surface area contributed by atoms with E-state index < -0.39 is 0 Å². The van der Waals surface area contributed by atoms with Crippen LogP contribution in [0.1, 0.15) is 89.1 Å². The van der Waals surface area contributed by atoms with E-state index in [1.807, 2.05) is 48.5 Å². The number of aromatic hydroxyl groups is 1. The van der Waals surface area contributed by atoms with Gasteiger partial charge < -0.3 is 22.2 Å². The van der Waals surface area contributed by atoms with Gasteiger partial charge in [0.25, 0.3) is 0 Å². The fraction of sp³-hybridized carbons (Fsp3) is 0.424. The van der Waals surface area contributed by atoms with E-state index in [4.69, 9.17) is 5.32 Å². The van der Waals surface area contributed by atoms with Gasteiger partial charge in [0.15, 0.2) is 0 Å². The van der Waals surface area contributed by atoms with Crippen LogP contribution in [0.3, 0.4) is 0 Å². The van der Waals surface area contributed by atoms with Gasteiger partial charge in [-0.3, -0.25) is 0 Å². The second-order valence-corrected chi connectivity index (χ2v) is 10.3. The second kappa shape index (κ2) is 16.7. The van der Waals surface area contributed by atoms with Crippen molar-refractivity contribution < 1.29 is 22.3 Å². The van der Waals surface area contributed by atoms with Crippen LogP contribution in [0.4, 0.5) is 5.69 Å². The Morgan fingerprint density at radius 2 is 1.55 bits per heavy atom. The Kier molecular flexibility index (Phi) is 14.0. The topological polar surface area (TPSA) is 49.9 Å². The predicted molar refractivity (Wildman–Crippen MR) is 159 cm³/mol. The summed E-state index contributed by atoms with van der Waals surface area (Å²) in [6.45, 7) is 19.0. The molecule has 1 N–H and O–H groups in total. The smallest absolute Gasteiger partial charge is 0.126 e. The molecule has 1 fully saturated rings. The van der Waals surface area contributed by atoms with Crippen LogP contribution >= 0.6 is 0 Å². The zero-order chi connectivity index (χ0) is 28.1. The molecule has 38 heavy (non-hydrogen) atoms. The molecule has 4 nitrogen and oxygen atoms in total. The fourth-order valence-corrected chi connectivity index (χ4v) is 5.15. The minimum atomic E-state index is -0.0163. The Morgan fingerprint density at radius 1 is 0.947 bits per heavy atom. The van der Waals surface area contributed by atoms with Crippen LogP contribution in [0, 0.1) is 6.92 Å². The maximum absolute atomic E-state index is 10.8. The minimum absolute atomic E-state index is 0.0163. The number of phenols is 1. The molecule has 203 valence electrons. The van der Waals surface area contributed by atoms with Crippen molar-refractivity contribution >= 4 is 5.69 Å². The number of benzene rings is 3. The average molecular weight is 551 g/mol. The zero-order valence-electron chi connectivity index (χ0n) is 24.1. The van der Waals surface area contributed by atoms with E-state index in [1.54, 1.807) is 6.92 Å². The molecule has 0 aromatic heterocycles. The van der Waals surface area contributed by atoms with Gasteiger partial charge >= 0.3 is 95.6 Å². The largest absolute Gasteiger partial charge is 0.643 e. The molecular formula is C33H45N3OV. The summed E-state index contributed by atoms with van der Waals surface area (Å²) in [6, 6.07) is 22.5. The van der Waals surface area contributed by atoms with E-state index in [0.717, 1.165) is 54.9 Å². The number of nitrogens with zero attached hydrogens (tertiary/aromatic N) is 3. The minimum Gasteiger partial charge on any atom is -0.643 e. The van der Waals surface area contributed by atoms with E-state index in [-0.39, 0.29) is 6.17 Å². The van der Waals surface area contributed by atoms with Crippen molar-refractivity contribution in [2.24, 2.45) is 3.79 Å². The predicted octanol–water partition coefficient (Wildman–Crippen LogP) is 9.68. The Morgan fingerprint density at radius 3 is 2.11 bits per heavy atom. The summed E-state index contributed by atoms with van der Waals surface area (Å²) < 4.78 is 4.35. The number of hydrogen-bond donors (Lipinski definition) is 1. The van der Waals surface area contributed by atoms with Crippen LogP contribution in [0.15, 0.2) is 70.5 Å². The Hall–Kier alpha value is -2.24. The third kappa shape index (κ3) is 8.38. The quantitative estimate of drug-likeness (QED) is 0.298. The number of para-hydroxylation sites is 1. The van der Waals surface area contributed by atoms with E-state index in [1.165, 1.54) is 11.1 Å². The van der Waals surface area contributed by atoms with E-state index in [2.05, 4.69) is 85.7 Å². The van der Waals surface area contributed by atoms with E-state index in [9.17, 15) is 5.11 Å². The maximum atomic E-state index is 10.8. The number of hydrogen-bond acceptors (Lipinski definition) is 3. The molecule has 0 aliphatic carbocycles. The van der Waals surface area contributed by atoms with Gasteiger partial charge in [-0.05, 0) is 30.6 Å². The molecule has 5 heteroatoms. The van der Waals surface area contributed by atoms with Crippen molar-refractivity contribution in [3.63, 3.8) is 0 Å². The molecule has 0 saturated carbocycles. The second-order valence-electron chi connectivity index (χ2n) is 9.97. The molecule has 1 atom stereocenters. The van der Waals surface area contributed by atoms with Gasteiger partial charge in [0.1, 0.15) is 5.75 Å². The standard InChI is InChI=1S/C19H23N2O.C12H17N.C2H5.V/c1-2-13-21-14-7-12-20-19(21)17-11-6-10-16(18(17)22)15-8-4-3-5-9-15;1-8(2)10-6-5-7-11(9(3)4)12(10)13;1-2;/h3-6,8-11,19,22H,2,7,12-14H2,1H3;5-9H,1-4H3;1H2,2H3;/q-1;;-1;+2. The molecule has 1 heterocycles. The molecule has 0 radical (unpaired) electrons.